The van der Waals surface area contributed by atoms with Gasteiger partial charge >= 0.3 is 5.97 Å². The minimum atomic E-state index is -0.247. The van der Waals surface area contributed by atoms with Gasteiger partial charge in [-0.05, 0) is 72.1 Å². The van der Waals surface area contributed by atoms with Crippen LogP contribution in [0.5, 0.6) is 0 Å². The topological polar surface area (TPSA) is 26.3 Å². The number of carbonyl (C=O) groups excluding carboxylic acids is 1. The number of rotatable bonds is 20. The van der Waals surface area contributed by atoms with Gasteiger partial charge in [0.25, 0.3) is 0 Å². The second kappa shape index (κ2) is 19.3. The van der Waals surface area contributed by atoms with Gasteiger partial charge in [0.05, 0.1) is 5.56 Å². The summed E-state index contributed by atoms with van der Waals surface area (Å²) in [6.07, 6.45) is 20.0. The first kappa shape index (κ1) is 32.6. The summed E-state index contributed by atoms with van der Waals surface area (Å²) >= 11 is 0. The second-order valence-electron chi connectivity index (χ2n) is 11.7. The number of hydrogen-bond donors (Lipinski definition) is 0. The van der Waals surface area contributed by atoms with Crippen molar-refractivity contribution >= 4 is 5.97 Å². The van der Waals surface area contributed by atoms with E-state index in [1.807, 2.05) is 12.1 Å². The maximum Gasteiger partial charge on any atom is 0.338 e. The SMILES string of the molecule is CCCCCCCCCc1ccc(-c2ccc(C(CC)OC(=O)c3ccc(CCCCCCCC)cc3)cc2)cc1. The highest BCUT2D eigenvalue weighted by atomic mass is 16.5. The van der Waals surface area contributed by atoms with Gasteiger partial charge in [-0.2, -0.15) is 0 Å². The third-order valence-electron chi connectivity index (χ3n) is 8.27. The fourth-order valence-corrected chi connectivity index (χ4v) is 5.54. The molecular formula is C39H54O2. The van der Waals surface area contributed by atoms with Crippen LogP contribution in [0.15, 0.2) is 72.8 Å². The highest BCUT2D eigenvalue weighted by Gasteiger charge is 2.17. The van der Waals surface area contributed by atoms with E-state index in [2.05, 4.69) is 81.4 Å². The van der Waals surface area contributed by atoms with Crippen molar-refractivity contribution in [2.24, 2.45) is 0 Å². The third-order valence-corrected chi connectivity index (χ3v) is 8.27. The number of benzene rings is 3. The number of carbonyl (C=O) groups is 1. The summed E-state index contributed by atoms with van der Waals surface area (Å²) in [7, 11) is 0. The molecule has 0 spiro atoms. The summed E-state index contributed by atoms with van der Waals surface area (Å²) in [5.74, 6) is -0.247. The molecule has 0 aromatic heterocycles. The number of hydrogen-bond acceptors (Lipinski definition) is 2. The standard InChI is InChI=1S/C39H54O2/c1-4-7-9-11-13-15-17-18-32-20-24-34(25-21-32)35-28-30-36(31-29-35)38(6-3)41-39(40)37-26-22-33(23-27-37)19-16-14-12-10-8-5-2/h20-31,38H,4-19H2,1-3H3. The van der Waals surface area contributed by atoms with Gasteiger partial charge in [-0.1, -0.05) is 152 Å². The quantitative estimate of drug-likeness (QED) is 0.103. The number of aryl methyl sites for hydroxylation is 2. The lowest BCUT2D eigenvalue weighted by atomic mass is 9.98. The minimum absolute atomic E-state index is 0.247. The molecule has 0 heterocycles. The summed E-state index contributed by atoms with van der Waals surface area (Å²) in [4.78, 5) is 12.9. The van der Waals surface area contributed by atoms with Crippen LogP contribution < -0.4 is 0 Å². The van der Waals surface area contributed by atoms with Crippen molar-refractivity contribution in [3.05, 3.63) is 95.1 Å². The molecule has 1 unspecified atom stereocenters. The van der Waals surface area contributed by atoms with Crippen molar-refractivity contribution in [2.75, 3.05) is 0 Å². The van der Waals surface area contributed by atoms with Crippen LogP contribution in [0.4, 0.5) is 0 Å². The van der Waals surface area contributed by atoms with E-state index in [4.69, 9.17) is 4.74 Å². The largest absolute Gasteiger partial charge is 0.454 e. The highest BCUT2D eigenvalue weighted by Crippen LogP contribution is 2.27. The Morgan fingerprint density at radius 3 is 1.41 bits per heavy atom. The van der Waals surface area contributed by atoms with E-state index < -0.39 is 0 Å². The van der Waals surface area contributed by atoms with Gasteiger partial charge in [0.15, 0.2) is 0 Å². The molecule has 41 heavy (non-hydrogen) atoms. The molecule has 0 fully saturated rings. The van der Waals surface area contributed by atoms with E-state index in [1.54, 1.807) is 0 Å². The van der Waals surface area contributed by atoms with Gasteiger partial charge < -0.3 is 4.74 Å². The molecule has 3 aromatic carbocycles. The minimum Gasteiger partial charge on any atom is -0.454 e. The van der Waals surface area contributed by atoms with Crippen LogP contribution in [0.3, 0.4) is 0 Å². The molecular weight excluding hydrogens is 500 g/mol. The maximum absolute atomic E-state index is 12.9. The summed E-state index contributed by atoms with van der Waals surface area (Å²) in [6.45, 7) is 6.59. The van der Waals surface area contributed by atoms with Crippen molar-refractivity contribution in [3.8, 4) is 11.1 Å². The van der Waals surface area contributed by atoms with Crippen molar-refractivity contribution in [2.45, 2.75) is 130 Å². The van der Waals surface area contributed by atoms with Crippen molar-refractivity contribution in [3.63, 3.8) is 0 Å². The average molecular weight is 555 g/mol. The first-order chi connectivity index (χ1) is 20.1. The van der Waals surface area contributed by atoms with E-state index in [0.717, 1.165) is 18.4 Å². The summed E-state index contributed by atoms with van der Waals surface area (Å²) in [5, 5.41) is 0. The molecule has 0 radical (unpaired) electrons. The Morgan fingerprint density at radius 2 is 0.951 bits per heavy atom. The van der Waals surface area contributed by atoms with Crippen LogP contribution in [0.25, 0.3) is 11.1 Å². The molecule has 0 amide bonds. The number of esters is 1. The number of ether oxygens (including phenoxy) is 1. The summed E-state index contributed by atoms with van der Waals surface area (Å²) in [6, 6.07) is 25.5. The fourth-order valence-electron chi connectivity index (χ4n) is 5.54. The monoisotopic (exact) mass is 554 g/mol. The van der Waals surface area contributed by atoms with Gasteiger partial charge in [0, 0.05) is 0 Å². The molecule has 3 rings (SSSR count). The molecule has 0 aliphatic carbocycles. The highest BCUT2D eigenvalue weighted by molar-refractivity contribution is 5.89. The fraction of sp³-hybridized carbons (Fsp3) is 0.513. The Hall–Kier alpha value is -2.87. The lowest BCUT2D eigenvalue weighted by Gasteiger charge is -2.17. The van der Waals surface area contributed by atoms with Gasteiger partial charge in [-0.25, -0.2) is 4.79 Å². The van der Waals surface area contributed by atoms with Gasteiger partial charge in [-0.15, -0.1) is 0 Å². The predicted molar refractivity (Wildman–Crippen MR) is 176 cm³/mol. The van der Waals surface area contributed by atoms with Crippen molar-refractivity contribution in [1.29, 1.82) is 0 Å². The van der Waals surface area contributed by atoms with Crippen LogP contribution in [-0.4, -0.2) is 5.97 Å². The van der Waals surface area contributed by atoms with E-state index in [-0.39, 0.29) is 12.1 Å². The molecule has 222 valence electrons. The Morgan fingerprint density at radius 1 is 0.537 bits per heavy atom. The van der Waals surface area contributed by atoms with Crippen LogP contribution in [0.2, 0.25) is 0 Å². The van der Waals surface area contributed by atoms with Crippen LogP contribution in [0, 0.1) is 0 Å². The van der Waals surface area contributed by atoms with Crippen molar-refractivity contribution < 1.29 is 9.53 Å². The molecule has 0 aliphatic rings. The van der Waals surface area contributed by atoms with E-state index in [1.165, 1.54) is 112 Å². The molecule has 3 aromatic rings. The first-order valence-corrected chi connectivity index (χ1v) is 16.6. The van der Waals surface area contributed by atoms with Crippen LogP contribution in [-0.2, 0) is 17.6 Å². The second-order valence-corrected chi connectivity index (χ2v) is 11.7. The Kier molecular flexibility index (Phi) is 15.4. The molecule has 1 atom stereocenters. The summed E-state index contributed by atoms with van der Waals surface area (Å²) in [5.41, 5.74) is 6.81. The lowest BCUT2D eigenvalue weighted by molar-refractivity contribution is 0.0288. The Labute approximate surface area is 250 Å². The summed E-state index contributed by atoms with van der Waals surface area (Å²) < 4.78 is 5.94. The normalized spacial score (nSPS) is 11.9. The Bertz CT molecular complexity index is 1100. The van der Waals surface area contributed by atoms with E-state index in [0.29, 0.717) is 5.56 Å². The molecule has 0 aliphatic heterocycles. The molecule has 2 heteroatoms. The average Bonchev–Trinajstić information content (AvgIpc) is 3.02. The van der Waals surface area contributed by atoms with E-state index in [9.17, 15) is 4.79 Å². The maximum atomic E-state index is 12.9. The number of unbranched alkanes of at least 4 members (excludes halogenated alkanes) is 11. The van der Waals surface area contributed by atoms with Gasteiger partial charge in [0.2, 0.25) is 0 Å². The van der Waals surface area contributed by atoms with Crippen molar-refractivity contribution in [1.82, 2.24) is 0 Å². The smallest absolute Gasteiger partial charge is 0.338 e. The lowest BCUT2D eigenvalue weighted by Crippen LogP contribution is -2.11. The zero-order valence-corrected chi connectivity index (χ0v) is 26.1. The third kappa shape index (κ3) is 11.9. The molecule has 0 bridgehead atoms. The van der Waals surface area contributed by atoms with Crippen LogP contribution >= 0.6 is 0 Å². The van der Waals surface area contributed by atoms with Crippen LogP contribution in [0.1, 0.15) is 144 Å². The molecule has 0 saturated heterocycles. The van der Waals surface area contributed by atoms with E-state index >= 15 is 0 Å². The molecule has 0 N–H and O–H groups in total. The predicted octanol–water partition coefficient (Wildman–Crippen LogP) is 11.9. The zero-order chi connectivity index (χ0) is 29.1. The molecule has 0 saturated carbocycles. The molecule has 2 nitrogen and oxygen atoms in total. The Balaban J connectivity index is 1.46. The zero-order valence-electron chi connectivity index (χ0n) is 26.1. The van der Waals surface area contributed by atoms with Gasteiger partial charge in [-0.3, -0.25) is 0 Å². The first-order valence-electron chi connectivity index (χ1n) is 16.6. The van der Waals surface area contributed by atoms with Gasteiger partial charge in [0.1, 0.15) is 6.10 Å².